The average molecular weight is 352 g/mol. The van der Waals surface area contributed by atoms with Crippen molar-refractivity contribution in [1.82, 2.24) is 19.1 Å². The Morgan fingerprint density at radius 3 is 2.46 bits per heavy atom. The van der Waals surface area contributed by atoms with E-state index in [4.69, 9.17) is 4.74 Å². The molecule has 24 heavy (non-hydrogen) atoms. The minimum Gasteiger partial charge on any atom is -0.465 e. The van der Waals surface area contributed by atoms with Gasteiger partial charge >= 0.3 is 11.7 Å². The molecule has 130 valence electrons. The van der Waals surface area contributed by atoms with Gasteiger partial charge in [0.25, 0.3) is 5.56 Å². The van der Waals surface area contributed by atoms with Crippen molar-refractivity contribution in [2.24, 2.45) is 14.1 Å². The molecule has 1 atom stereocenters. The summed E-state index contributed by atoms with van der Waals surface area (Å²) in [5.41, 5.74) is -0.662. The molecule has 2 rings (SSSR count). The molecule has 0 bridgehead atoms. The molecule has 2 heterocycles. The first-order chi connectivity index (χ1) is 11.3. The van der Waals surface area contributed by atoms with E-state index in [2.05, 4.69) is 9.97 Å². The van der Waals surface area contributed by atoms with Crippen molar-refractivity contribution >= 4 is 28.8 Å². The highest BCUT2D eigenvalue weighted by Crippen LogP contribution is 2.27. The number of fused-ring (bicyclic) bond motifs is 1. The van der Waals surface area contributed by atoms with Gasteiger partial charge in [-0.1, -0.05) is 18.7 Å². The summed E-state index contributed by atoms with van der Waals surface area (Å²) in [4.78, 5) is 45.2. The number of aryl methyl sites for hydroxylation is 2. The lowest BCUT2D eigenvalue weighted by Crippen LogP contribution is -2.38. The molecular formula is C15H20N4O4S. The molecule has 0 aliphatic heterocycles. The van der Waals surface area contributed by atoms with Gasteiger partial charge in [-0.25, -0.2) is 14.8 Å². The Bertz CT molecular complexity index is 903. The van der Waals surface area contributed by atoms with Gasteiger partial charge in [-0.2, -0.15) is 0 Å². The van der Waals surface area contributed by atoms with E-state index in [0.717, 1.165) is 16.3 Å². The maximum atomic E-state index is 12.5. The van der Waals surface area contributed by atoms with E-state index in [0.29, 0.717) is 17.3 Å². The van der Waals surface area contributed by atoms with Crippen LogP contribution in [-0.4, -0.2) is 36.9 Å². The number of esters is 1. The third kappa shape index (κ3) is 3.21. The monoisotopic (exact) mass is 352 g/mol. The predicted octanol–water partition coefficient (Wildman–Crippen LogP) is 0.633. The first-order valence-electron chi connectivity index (χ1n) is 7.61. The van der Waals surface area contributed by atoms with Crippen LogP contribution in [0.5, 0.6) is 0 Å². The number of thioether (sulfide) groups is 1. The van der Waals surface area contributed by atoms with E-state index >= 15 is 0 Å². The van der Waals surface area contributed by atoms with Crippen LogP contribution >= 0.6 is 11.8 Å². The third-order valence-electron chi connectivity index (χ3n) is 3.54. The molecule has 0 amide bonds. The zero-order valence-corrected chi connectivity index (χ0v) is 15.1. The van der Waals surface area contributed by atoms with Crippen LogP contribution in [0.3, 0.4) is 0 Å². The average Bonchev–Trinajstić information content (AvgIpc) is 2.57. The van der Waals surface area contributed by atoms with Gasteiger partial charge < -0.3 is 4.74 Å². The standard InChI is InChI=1S/C15H20N4O4S/c1-6-9-16-11-10(13(20)19(5)15(22)18(11)4)12(17-9)24-8(3)14(21)23-7-2/h8H,6-7H2,1-5H3/t8-/m1/s1. The fourth-order valence-electron chi connectivity index (χ4n) is 2.19. The topological polar surface area (TPSA) is 96.1 Å². The lowest BCUT2D eigenvalue weighted by molar-refractivity contribution is -0.142. The number of hydrogen-bond acceptors (Lipinski definition) is 7. The smallest absolute Gasteiger partial charge is 0.332 e. The summed E-state index contributed by atoms with van der Waals surface area (Å²) in [7, 11) is 2.96. The molecular weight excluding hydrogens is 332 g/mol. The fourth-order valence-corrected chi connectivity index (χ4v) is 3.14. The van der Waals surface area contributed by atoms with E-state index < -0.39 is 16.5 Å². The highest BCUT2D eigenvalue weighted by Gasteiger charge is 2.22. The van der Waals surface area contributed by atoms with Gasteiger partial charge in [0.1, 0.15) is 21.5 Å². The van der Waals surface area contributed by atoms with Crippen molar-refractivity contribution in [3.05, 3.63) is 26.7 Å². The quantitative estimate of drug-likeness (QED) is 0.442. The Morgan fingerprint density at radius 2 is 1.88 bits per heavy atom. The molecule has 0 fully saturated rings. The molecule has 2 aromatic heterocycles. The molecule has 2 aromatic rings. The Labute approximate surface area is 142 Å². The minimum absolute atomic E-state index is 0.234. The van der Waals surface area contributed by atoms with Gasteiger partial charge in [0.2, 0.25) is 0 Å². The van der Waals surface area contributed by atoms with Gasteiger partial charge in [-0.05, 0) is 13.8 Å². The van der Waals surface area contributed by atoms with Crippen molar-refractivity contribution in [3.8, 4) is 0 Å². The van der Waals surface area contributed by atoms with Gasteiger partial charge in [0.05, 0.1) is 6.61 Å². The molecule has 0 radical (unpaired) electrons. The second-order valence-electron chi connectivity index (χ2n) is 5.22. The SMILES string of the molecule is CCOC(=O)[C@@H](C)Sc1nc(CC)nc2c1c(=O)n(C)c(=O)n2C. The summed E-state index contributed by atoms with van der Waals surface area (Å²) in [6, 6.07) is 0. The van der Waals surface area contributed by atoms with E-state index in [1.165, 1.54) is 11.6 Å². The van der Waals surface area contributed by atoms with Gasteiger partial charge in [0, 0.05) is 20.5 Å². The highest BCUT2D eigenvalue weighted by molar-refractivity contribution is 8.00. The van der Waals surface area contributed by atoms with Crippen molar-refractivity contribution in [1.29, 1.82) is 0 Å². The second-order valence-corrected chi connectivity index (χ2v) is 6.54. The second kappa shape index (κ2) is 7.16. The summed E-state index contributed by atoms with van der Waals surface area (Å²) in [6.07, 6.45) is 0.542. The third-order valence-corrected chi connectivity index (χ3v) is 4.60. The Hall–Kier alpha value is -2.16. The lowest BCUT2D eigenvalue weighted by Gasteiger charge is -2.13. The van der Waals surface area contributed by atoms with Crippen LogP contribution in [0.1, 0.15) is 26.6 Å². The zero-order chi connectivity index (χ0) is 18.0. The maximum Gasteiger partial charge on any atom is 0.332 e. The van der Waals surface area contributed by atoms with E-state index in [-0.39, 0.29) is 23.6 Å². The van der Waals surface area contributed by atoms with Crippen molar-refractivity contribution in [2.75, 3.05) is 6.61 Å². The molecule has 0 aliphatic rings. The first-order valence-corrected chi connectivity index (χ1v) is 8.49. The molecule has 0 unspecified atom stereocenters. The van der Waals surface area contributed by atoms with Crippen LogP contribution in [-0.2, 0) is 30.0 Å². The molecule has 9 heteroatoms. The van der Waals surface area contributed by atoms with Crippen LogP contribution in [0.25, 0.3) is 11.0 Å². The number of carbonyl (C=O) groups is 1. The van der Waals surface area contributed by atoms with Crippen LogP contribution in [0.2, 0.25) is 0 Å². The van der Waals surface area contributed by atoms with Gasteiger partial charge in [-0.3, -0.25) is 18.7 Å². The molecule has 0 aliphatic carbocycles. The number of carbonyl (C=O) groups excluding carboxylic acids is 1. The van der Waals surface area contributed by atoms with Crippen LogP contribution in [0.15, 0.2) is 14.6 Å². The van der Waals surface area contributed by atoms with E-state index in [1.807, 2.05) is 6.92 Å². The number of aromatic nitrogens is 4. The molecule has 8 nitrogen and oxygen atoms in total. The minimum atomic E-state index is -0.533. The molecule has 0 aromatic carbocycles. The number of nitrogens with zero attached hydrogens (tertiary/aromatic N) is 4. The van der Waals surface area contributed by atoms with Crippen LogP contribution in [0, 0.1) is 0 Å². The number of rotatable bonds is 5. The zero-order valence-electron chi connectivity index (χ0n) is 14.3. The summed E-state index contributed by atoms with van der Waals surface area (Å²) in [5, 5.41) is 0.0845. The van der Waals surface area contributed by atoms with Gasteiger partial charge in [0.15, 0.2) is 5.65 Å². The Morgan fingerprint density at radius 1 is 1.21 bits per heavy atom. The van der Waals surface area contributed by atoms with Crippen molar-refractivity contribution < 1.29 is 9.53 Å². The lowest BCUT2D eigenvalue weighted by atomic mass is 10.3. The normalized spacial score (nSPS) is 12.4. The van der Waals surface area contributed by atoms with Crippen molar-refractivity contribution in [2.45, 2.75) is 37.5 Å². The van der Waals surface area contributed by atoms with Crippen LogP contribution < -0.4 is 11.2 Å². The molecule has 0 saturated heterocycles. The maximum absolute atomic E-state index is 12.5. The van der Waals surface area contributed by atoms with Gasteiger partial charge in [-0.15, -0.1) is 0 Å². The summed E-state index contributed by atoms with van der Waals surface area (Å²) >= 11 is 1.13. The largest absolute Gasteiger partial charge is 0.465 e. The molecule has 0 saturated carbocycles. The first kappa shape index (κ1) is 18.2. The fraction of sp³-hybridized carbons (Fsp3) is 0.533. The molecule has 0 spiro atoms. The van der Waals surface area contributed by atoms with E-state index in [9.17, 15) is 14.4 Å². The Balaban J connectivity index is 2.71. The summed E-state index contributed by atoms with van der Waals surface area (Å²) in [6.45, 7) is 5.58. The number of hydrogen-bond donors (Lipinski definition) is 0. The van der Waals surface area contributed by atoms with E-state index in [1.54, 1.807) is 20.9 Å². The highest BCUT2D eigenvalue weighted by atomic mass is 32.2. The van der Waals surface area contributed by atoms with Crippen molar-refractivity contribution in [3.63, 3.8) is 0 Å². The summed E-state index contributed by atoms with van der Waals surface area (Å²) in [5.74, 6) is 0.123. The predicted molar refractivity (Wildman–Crippen MR) is 91.4 cm³/mol. The van der Waals surface area contributed by atoms with Crippen LogP contribution in [0.4, 0.5) is 0 Å². The Kier molecular flexibility index (Phi) is 5.43. The summed E-state index contributed by atoms with van der Waals surface area (Å²) < 4.78 is 7.33. The molecule has 0 N–H and O–H groups in total. The number of ether oxygens (including phenoxy) is 1.